The van der Waals surface area contributed by atoms with Crippen LogP contribution in [0.5, 0.6) is 5.75 Å². The maximum Gasteiger partial charge on any atom is 0.254 e. The number of nitrogens with zero attached hydrogens (tertiary/aromatic N) is 2. The molecule has 1 aromatic heterocycles. The van der Waals surface area contributed by atoms with Crippen molar-refractivity contribution >= 4 is 5.91 Å². The molecular formula is C25H32N2O3. The van der Waals surface area contributed by atoms with Crippen molar-refractivity contribution in [1.29, 1.82) is 0 Å². The van der Waals surface area contributed by atoms with Crippen LogP contribution < -0.4 is 10.3 Å². The normalized spacial score (nSPS) is 22.7. The minimum absolute atomic E-state index is 0.0561. The lowest BCUT2D eigenvalue weighted by Crippen LogP contribution is -2.51. The van der Waals surface area contributed by atoms with Gasteiger partial charge in [0.15, 0.2) is 0 Å². The van der Waals surface area contributed by atoms with Crippen LogP contribution in [-0.4, -0.2) is 35.1 Å². The van der Waals surface area contributed by atoms with Gasteiger partial charge in [0, 0.05) is 42.4 Å². The molecule has 2 aromatic rings. The Balaban J connectivity index is 1.63. The smallest absolute Gasteiger partial charge is 0.254 e. The van der Waals surface area contributed by atoms with Gasteiger partial charge in [-0.15, -0.1) is 0 Å². The zero-order chi connectivity index (χ0) is 21.3. The zero-order valence-corrected chi connectivity index (χ0v) is 18.2. The molecule has 1 amide bonds. The van der Waals surface area contributed by atoms with Gasteiger partial charge >= 0.3 is 0 Å². The van der Waals surface area contributed by atoms with Gasteiger partial charge < -0.3 is 14.2 Å². The van der Waals surface area contributed by atoms with Crippen molar-refractivity contribution in [1.82, 2.24) is 9.47 Å². The number of carbonyl (C=O) groups is 1. The number of fused-ring (bicyclic) bond motifs is 4. The third-order valence-electron chi connectivity index (χ3n) is 6.52. The van der Waals surface area contributed by atoms with Crippen molar-refractivity contribution in [3.05, 3.63) is 64.1 Å². The molecular weight excluding hydrogens is 376 g/mol. The molecule has 1 aromatic carbocycles. The number of hydrogen-bond donors (Lipinski definition) is 0. The number of hydrogen-bond acceptors (Lipinski definition) is 3. The molecule has 5 nitrogen and oxygen atoms in total. The molecule has 2 aliphatic heterocycles. The number of amides is 1. The van der Waals surface area contributed by atoms with Gasteiger partial charge in [-0.2, -0.15) is 0 Å². The third-order valence-corrected chi connectivity index (χ3v) is 6.52. The van der Waals surface area contributed by atoms with Gasteiger partial charge in [-0.1, -0.05) is 26.0 Å². The number of ether oxygens (including phenoxy) is 1. The Kier molecular flexibility index (Phi) is 5.98. The van der Waals surface area contributed by atoms with Crippen LogP contribution in [0.2, 0.25) is 0 Å². The van der Waals surface area contributed by atoms with Crippen LogP contribution in [0.4, 0.5) is 0 Å². The van der Waals surface area contributed by atoms with E-state index < -0.39 is 0 Å². The second-order valence-corrected chi connectivity index (χ2v) is 9.06. The van der Waals surface area contributed by atoms with E-state index in [4.69, 9.17) is 4.74 Å². The summed E-state index contributed by atoms with van der Waals surface area (Å²) in [4.78, 5) is 28.1. The molecule has 3 atom stereocenters. The lowest BCUT2D eigenvalue weighted by atomic mass is 9.76. The Hall–Kier alpha value is -2.56. The molecule has 0 unspecified atom stereocenters. The van der Waals surface area contributed by atoms with Crippen LogP contribution in [0.3, 0.4) is 0 Å². The molecule has 0 saturated carbocycles. The predicted molar refractivity (Wildman–Crippen MR) is 118 cm³/mol. The average Bonchev–Trinajstić information content (AvgIpc) is 2.73. The number of benzene rings is 1. The molecule has 0 aliphatic carbocycles. The Labute approximate surface area is 178 Å². The van der Waals surface area contributed by atoms with Crippen LogP contribution in [0.25, 0.3) is 0 Å². The standard InChI is InChI=1S/C25H32N2O3/c1-4-30-21-8-5-7-18(14-21)25(29)26-15-19-13-20(16-26)23(12-11-17(2)3)27-22(19)9-6-10-24(27)28/h5-10,14,17,19-20,23H,4,11-13,15-16H2,1-3H3/t19-,20+,23+/m1/s1. The number of piperidine rings is 1. The van der Waals surface area contributed by atoms with E-state index in [1.165, 1.54) is 0 Å². The first-order valence-corrected chi connectivity index (χ1v) is 11.2. The van der Waals surface area contributed by atoms with Crippen LogP contribution in [0.1, 0.15) is 68.0 Å². The van der Waals surface area contributed by atoms with Crippen molar-refractivity contribution < 1.29 is 9.53 Å². The van der Waals surface area contributed by atoms with Crippen molar-refractivity contribution in [3.63, 3.8) is 0 Å². The van der Waals surface area contributed by atoms with Gasteiger partial charge in [0.25, 0.3) is 11.5 Å². The number of pyridine rings is 1. The number of carbonyl (C=O) groups excluding carboxylic acids is 1. The molecule has 2 bridgehead atoms. The molecule has 0 N–H and O–H groups in total. The van der Waals surface area contributed by atoms with Crippen LogP contribution in [0, 0.1) is 11.8 Å². The molecule has 0 spiro atoms. The summed E-state index contributed by atoms with van der Waals surface area (Å²) in [7, 11) is 0. The van der Waals surface area contributed by atoms with E-state index in [0.717, 1.165) is 30.7 Å². The van der Waals surface area contributed by atoms with Crippen molar-refractivity contribution in [3.8, 4) is 5.75 Å². The van der Waals surface area contributed by atoms with E-state index in [1.807, 2.05) is 46.7 Å². The van der Waals surface area contributed by atoms with Gasteiger partial charge in [-0.05, 0) is 62.3 Å². The van der Waals surface area contributed by atoms with E-state index in [1.54, 1.807) is 6.07 Å². The average molecular weight is 409 g/mol. The molecule has 4 rings (SSSR count). The Morgan fingerprint density at radius 1 is 1.17 bits per heavy atom. The molecule has 1 fully saturated rings. The van der Waals surface area contributed by atoms with Gasteiger partial charge in [0.2, 0.25) is 0 Å². The van der Waals surface area contributed by atoms with Crippen LogP contribution in [0.15, 0.2) is 47.3 Å². The van der Waals surface area contributed by atoms with Gasteiger partial charge in [-0.3, -0.25) is 9.59 Å². The lowest BCUT2D eigenvalue weighted by molar-refractivity contribution is 0.0513. The van der Waals surface area contributed by atoms with Crippen LogP contribution in [-0.2, 0) is 0 Å². The molecule has 5 heteroatoms. The lowest BCUT2D eigenvalue weighted by Gasteiger charge is -2.47. The van der Waals surface area contributed by atoms with Gasteiger partial charge in [0.1, 0.15) is 5.75 Å². The zero-order valence-electron chi connectivity index (χ0n) is 18.2. The first-order valence-electron chi connectivity index (χ1n) is 11.2. The first kappa shape index (κ1) is 20.7. The fraction of sp³-hybridized carbons (Fsp3) is 0.520. The largest absolute Gasteiger partial charge is 0.494 e. The number of likely N-dealkylation sites (tertiary alicyclic amines) is 1. The third kappa shape index (κ3) is 4.03. The predicted octanol–water partition coefficient (Wildman–Crippen LogP) is 4.48. The Morgan fingerprint density at radius 3 is 2.73 bits per heavy atom. The maximum absolute atomic E-state index is 13.3. The van der Waals surface area contributed by atoms with Crippen molar-refractivity contribution in [2.24, 2.45) is 11.8 Å². The summed E-state index contributed by atoms with van der Waals surface area (Å²) in [5.41, 5.74) is 1.86. The van der Waals surface area contributed by atoms with E-state index in [-0.39, 0.29) is 23.4 Å². The van der Waals surface area contributed by atoms with Gasteiger partial charge in [-0.25, -0.2) is 0 Å². The molecule has 1 saturated heterocycles. The van der Waals surface area contributed by atoms with E-state index in [2.05, 4.69) is 19.9 Å². The highest BCUT2D eigenvalue weighted by Crippen LogP contribution is 2.43. The Bertz CT molecular complexity index is 965. The Morgan fingerprint density at radius 2 is 1.97 bits per heavy atom. The van der Waals surface area contributed by atoms with E-state index >= 15 is 0 Å². The minimum Gasteiger partial charge on any atom is -0.494 e. The van der Waals surface area contributed by atoms with Crippen LogP contribution >= 0.6 is 0 Å². The number of aromatic nitrogens is 1. The van der Waals surface area contributed by atoms with Gasteiger partial charge in [0.05, 0.1) is 6.61 Å². The summed E-state index contributed by atoms with van der Waals surface area (Å²) in [6.45, 7) is 8.34. The molecule has 0 radical (unpaired) electrons. The monoisotopic (exact) mass is 408 g/mol. The molecule has 2 aliphatic rings. The minimum atomic E-state index is 0.0561. The fourth-order valence-corrected chi connectivity index (χ4v) is 5.15. The highest BCUT2D eigenvalue weighted by molar-refractivity contribution is 5.94. The molecule has 160 valence electrons. The summed E-state index contributed by atoms with van der Waals surface area (Å²) in [6.07, 6.45) is 3.11. The quantitative estimate of drug-likeness (QED) is 0.708. The summed E-state index contributed by atoms with van der Waals surface area (Å²) < 4.78 is 7.62. The summed E-state index contributed by atoms with van der Waals surface area (Å²) >= 11 is 0. The maximum atomic E-state index is 13.3. The number of rotatable bonds is 6. The van der Waals surface area contributed by atoms with Crippen molar-refractivity contribution in [2.75, 3.05) is 19.7 Å². The van der Waals surface area contributed by atoms with E-state index in [0.29, 0.717) is 37.1 Å². The summed E-state index contributed by atoms with van der Waals surface area (Å²) in [5, 5.41) is 0. The topological polar surface area (TPSA) is 51.5 Å². The summed E-state index contributed by atoms with van der Waals surface area (Å²) in [6, 6.07) is 13.2. The van der Waals surface area contributed by atoms with Crippen molar-refractivity contribution in [2.45, 2.75) is 52.0 Å². The first-order chi connectivity index (χ1) is 14.5. The SMILES string of the molecule is CCOc1cccc(C(=O)N2C[C@H]3C[C@@H](C2)[C@H](CCC(C)C)n2c3cccc2=O)c1. The summed E-state index contributed by atoms with van der Waals surface area (Å²) in [5.74, 6) is 1.90. The second kappa shape index (κ2) is 8.66. The fourth-order valence-electron chi connectivity index (χ4n) is 5.15. The molecule has 3 heterocycles. The highest BCUT2D eigenvalue weighted by atomic mass is 16.5. The molecule has 30 heavy (non-hydrogen) atoms. The van der Waals surface area contributed by atoms with E-state index in [9.17, 15) is 9.59 Å². The second-order valence-electron chi connectivity index (χ2n) is 9.06. The highest BCUT2D eigenvalue weighted by Gasteiger charge is 2.41.